The van der Waals surface area contributed by atoms with Gasteiger partial charge in [-0.15, -0.1) is 0 Å². The van der Waals surface area contributed by atoms with Crippen LogP contribution in [0.1, 0.15) is 15.9 Å². The summed E-state index contributed by atoms with van der Waals surface area (Å²) in [7, 11) is 0. The molecule has 6 heteroatoms. The Labute approximate surface area is 110 Å². The lowest BCUT2D eigenvalue weighted by Gasteiger charge is -2.05. The van der Waals surface area contributed by atoms with Gasteiger partial charge in [0, 0.05) is 5.56 Å². The monoisotopic (exact) mass is 264 g/mol. The zero-order chi connectivity index (χ0) is 14.3. The van der Waals surface area contributed by atoms with Crippen molar-refractivity contribution in [1.29, 1.82) is 0 Å². The summed E-state index contributed by atoms with van der Waals surface area (Å²) in [6.07, 6.45) is 0. The van der Waals surface area contributed by atoms with Crippen LogP contribution in [0.3, 0.4) is 0 Å². The van der Waals surface area contributed by atoms with Gasteiger partial charge in [0.05, 0.1) is 19.6 Å². The predicted octanol–water partition coefficient (Wildman–Crippen LogP) is -0.0319. The van der Waals surface area contributed by atoms with Crippen LogP contribution in [0.5, 0.6) is 0 Å². The second kappa shape index (κ2) is 7.27. The van der Waals surface area contributed by atoms with Crippen LogP contribution in [0.15, 0.2) is 24.3 Å². The maximum atomic E-state index is 11.7. The minimum Gasteiger partial charge on any atom is -0.480 e. The van der Waals surface area contributed by atoms with E-state index in [0.29, 0.717) is 5.56 Å². The van der Waals surface area contributed by atoms with Crippen molar-refractivity contribution in [2.75, 3.05) is 19.6 Å². The van der Waals surface area contributed by atoms with Gasteiger partial charge in [0.15, 0.2) is 5.78 Å². The molecule has 0 saturated heterocycles. The summed E-state index contributed by atoms with van der Waals surface area (Å²) in [4.78, 5) is 33.2. The van der Waals surface area contributed by atoms with Crippen molar-refractivity contribution in [1.82, 2.24) is 10.6 Å². The van der Waals surface area contributed by atoms with Crippen LogP contribution < -0.4 is 10.6 Å². The molecule has 0 saturated carbocycles. The number of benzene rings is 1. The Balaban J connectivity index is 2.31. The van der Waals surface area contributed by atoms with Gasteiger partial charge in [0.1, 0.15) is 0 Å². The summed E-state index contributed by atoms with van der Waals surface area (Å²) in [5.41, 5.74) is 1.59. The van der Waals surface area contributed by atoms with Gasteiger partial charge in [0.2, 0.25) is 5.91 Å². The third kappa shape index (κ3) is 5.78. The van der Waals surface area contributed by atoms with Gasteiger partial charge in [-0.3, -0.25) is 19.7 Å². The zero-order valence-corrected chi connectivity index (χ0v) is 10.6. The van der Waals surface area contributed by atoms with Crippen molar-refractivity contribution < 1.29 is 19.5 Å². The van der Waals surface area contributed by atoms with Gasteiger partial charge >= 0.3 is 5.97 Å². The second-order valence-electron chi connectivity index (χ2n) is 4.06. The third-order valence-electron chi connectivity index (χ3n) is 2.38. The summed E-state index contributed by atoms with van der Waals surface area (Å²) in [5.74, 6) is -1.64. The molecule has 6 nitrogen and oxygen atoms in total. The summed E-state index contributed by atoms with van der Waals surface area (Å²) in [6, 6.07) is 7.05. The van der Waals surface area contributed by atoms with Crippen molar-refractivity contribution in [3.05, 3.63) is 35.4 Å². The Kier molecular flexibility index (Phi) is 5.69. The van der Waals surface area contributed by atoms with Gasteiger partial charge in [-0.05, 0) is 6.92 Å². The maximum Gasteiger partial charge on any atom is 0.317 e. The molecule has 0 aromatic heterocycles. The Morgan fingerprint density at radius 2 is 1.68 bits per heavy atom. The lowest BCUT2D eigenvalue weighted by molar-refractivity contribution is -0.136. The van der Waals surface area contributed by atoms with E-state index in [1.165, 1.54) is 0 Å². The van der Waals surface area contributed by atoms with Crippen molar-refractivity contribution in [2.24, 2.45) is 0 Å². The van der Waals surface area contributed by atoms with Crippen molar-refractivity contribution in [3.63, 3.8) is 0 Å². The highest BCUT2D eigenvalue weighted by molar-refractivity contribution is 5.99. The Hall–Kier alpha value is -2.21. The van der Waals surface area contributed by atoms with E-state index < -0.39 is 11.9 Å². The number of carbonyl (C=O) groups excluding carboxylic acids is 2. The van der Waals surface area contributed by atoms with E-state index >= 15 is 0 Å². The first-order valence-corrected chi connectivity index (χ1v) is 5.78. The number of nitrogens with one attached hydrogen (secondary N) is 2. The SMILES string of the molecule is Cc1ccc(C(=O)CNC(=O)CNCC(=O)O)cc1. The number of rotatable bonds is 7. The number of carboxylic acids is 1. The average Bonchev–Trinajstić information content (AvgIpc) is 2.36. The molecular weight excluding hydrogens is 248 g/mol. The lowest BCUT2D eigenvalue weighted by atomic mass is 10.1. The first-order chi connectivity index (χ1) is 8.99. The van der Waals surface area contributed by atoms with Gasteiger partial charge in [0.25, 0.3) is 0 Å². The van der Waals surface area contributed by atoms with Crippen LogP contribution in [-0.2, 0) is 9.59 Å². The van der Waals surface area contributed by atoms with Crippen LogP contribution in [0, 0.1) is 6.92 Å². The smallest absolute Gasteiger partial charge is 0.317 e. The van der Waals surface area contributed by atoms with Crippen molar-refractivity contribution in [3.8, 4) is 0 Å². The number of aryl methyl sites for hydroxylation is 1. The molecule has 0 spiro atoms. The molecule has 0 atom stereocenters. The van der Waals surface area contributed by atoms with E-state index in [2.05, 4.69) is 10.6 Å². The van der Waals surface area contributed by atoms with Crippen LogP contribution in [-0.4, -0.2) is 42.4 Å². The van der Waals surface area contributed by atoms with E-state index in [4.69, 9.17) is 5.11 Å². The Morgan fingerprint density at radius 3 is 2.26 bits per heavy atom. The number of amides is 1. The van der Waals surface area contributed by atoms with E-state index in [9.17, 15) is 14.4 Å². The fourth-order valence-corrected chi connectivity index (χ4v) is 1.37. The number of aliphatic carboxylic acids is 1. The molecule has 0 aliphatic rings. The number of carboxylic acid groups (broad SMARTS) is 1. The molecule has 1 aromatic rings. The molecule has 19 heavy (non-hydrogen) atoms. The van der Waals surface area contributed by atoms with Gasteiger partial charge in [-0.1, -0.05) is 29.8 Å². The number of Topliss-reactive ketones (excluding diaryl/α,β-unsaturated/α-hetero) is 1. The van der Waals surface area contributed by atoms with Crippen LogP contribution >= 0.6 is 0 Å². The molecule has 0 radical (unpaired) electrons. The van der Waals surface area contributed by atoms with E-state index in [1.807, 2.05) is 19.1 Å². The fourth-order valence-electron chi connectivity index (χ4n) is 1.37. The van der Waals surface area contributed by atoms with E-state index in [-0.39, 0.29) is 25.4 Å². The number of hydrogen-bond donors (Lipinski definition) is 3. The zero-order valence-electron chi connectivity index (χ0n) is 10.6. The molecule has 1 rings (SSSR count). The average molecular weight is 264 g/mol. The lowest BCUT2D eigenvalue weighted by Crippen LogP contribution is -2.38. The normalized spacial score (nSPS) is 9.95. The molecule has 1 amide bonds. The second-order valence-corrected chi connectivity index (χ2v) is 4.06. The quantitative estimate of drug-likeness (QED) is 0.601. The summed E-state index contributed by atoms with van der Waals surface area (Å²) >= 11 is 0. The molecule has 0 unspecified atom stereocenters. The molecular formula is C13H16N2O4. The first kappa shape index (κ1) is 14.8. The fraction of sp³-hybridized carbons (Fsp3) is 0.308. The van der Waals surface area contributed by atoms with Gasteiger partial charge in [-0.2, -0.15) is 0 Å². The number of ketones is 1. The summed E-state index contributed by atoms with van der Waals surface area (Å²) in [5, 5.41) is 13.2. The highest BCUT2D eigenvalue weighted by atomic mass is 16.4. The maximum absolute atomic E-state index is 11.7. The first-order valence-electron chi connectivity index (χ1n) is 5.78. The Bertz CT molecular complexity index is 468. The molecule has 0 aliphatic carbocycles. The third-order valence-corrected chi connectivity index (χ3v) is 2.38. The van der Waals surface area contributed by atoms with Crippen LogP contribution in [0.25, 0.3) is 0 Å². The van der Waals surface area contributed by atoms with Crippen molar-refractivity contribution >= 4 is 17.7 Å². The summed E-state index contributed by atoms with van der Waals surface area (Å²) < 4.78 is 0. The van der Waals surface area contributed by atoms with E-state index in [0.717, 1.165) is 5.56 Å². The van der Waals surface area contributed by atoms with Crippen molar-refractivity contribution in [2.45, 2.75) is 6.92 Å². The van der Waals surface area contributed by atoms with Crippen LogP contribution in [0.2, 0.25) is 0 Å². The number of carbonyl (C=O) groups is 3. The van der Waals surface area contributed by atoms with Crippen LogP contribution in [0.4, 0.5) is 0 Å². The van der Waals surface area contributed by atoms with Gasteiger partial charge in [-0.25, -0.2) is 0 Å². The topological polar surface area (TPSA) is 95.5 Å². The molecule has 3 N–H and O–H groups in total. The molecule has 0 bridgehead atoms. The highest BCUT2D eigenvalue weighted by Gasteiger charge is 2.08. The predicted molar refractivity (Wildman–Crippen MR) is 69.0 cm³/mol. The largest absolute Gasteiger partial charge is 0.480 e. The number of hydrogen-bond acceptors (Lipinski definition) is 4. The molecule has 102 valence electrons. The summed E-state index contributed by atoms with van der Waals surface area (Å²) in [6.45, 7) is 1.40. The molecule has 0 aliphatic heterocycles. The highest BCUT2D eigenvalue weighted by Crippen LogP contribution is 2.03. The van der Waals surface area contributed by atoms with E-state index in [1.54, 1.807) is 12.1 Å². The molecule has 1 aromatic carbocycles. The minimum atomic E-state index is -1.04. The minimum absolute atomic E-state index is 0.101. The molecule has 0 heterocycles. The molecule has 0 fully saturated rings. The van der Waals surface area contributed by atoms with Gasteiger partial charge < -0.3 is 10.4 Å². The standard InChI is InChI=1S/C13H16N2O4/c1-9-2-4-10(5-3-9)11(16)6-15-12(17)7-14-8-13(18)19/h2-5,14H,6-8H2,1H3,(H,15,17)(H,18,19). The Morgan fingerprint density at radius 1 is 1.05 bits per heavy atom.